The highest BCUT2D eigenvalue weighted by molar-refractivity contribution is 7.11. The Labute approximate surface area is 173 Å². The molecule has 0 bridgehead atoms. The molecule has 0 aliphatic carbocycles. The minimum Gasteiger partial charge on any atom is -0.494 e. The Balaban J connectivity index is 1.57. The molecule has 0 amide bonds. The number of hydrogen-bond acceptors (Lipinski definition) is 5. The fourth-order valence-corrected chi connectivity index (χ4v) is 3.86. The molecule has 4 nitrogen and oxygen atoms in total. The quantitative estimate of drug-likeness (QED) is 0.386. The first-order valence-electron chi connectivity index (χ1n) is 9.32. The summed E-state index contributed by atoms with van der Waals surface area (Å²) in [6.07, 6.45) is 1.72. The third kappa shape index (κ3) is 4.13. The molecule has 0 atom stereocenters. The second-order valence-corrected chi connectivity index (χ2v) is 7.19. The van der Waals surface area contributed by atoms with Gasteiger partial charge in [-0.05, 0) is 42.6 Å². The molecule has 0 saturated heterocycles. The number of allylic oxidation sites excluding steroid dienone is 1. The van der Waals surface area contributed by atoms with E-state index < -0.39 is 0 Å². The van der Waals surface area contributed by atoms with Gasteiger partial charge in [0.05, 0.1) is 12.3 Å². The molecule has 0 fully saturated rings. The molecule has 0 unspecified atom stereocenters. The van der Waals surface area contributed by atoms with Crippen LogP contribution in [0.25, 0.3) is 27.6 Å². The highest BCUT2D eigenvalue weighted by atomic mass is 32.1. The largest absolute Gasteiger partial charge is 0.494 e. The zero-order valence-electron chi connectivity index (χ0n) is 15.9. The van der Waals surface area contributed by atoms with Crippen LogP contribution in [-0.2, 0) is 0 Å². The summed E-state index contributed by atoms with van der Waals surface area (Å²) in [7, 11) is 0. The van der Waals surface area contributed by atoms with Crippen molar-refractivity contribution in [3.63, 3.8) is 0 Å². The van der Waals surface area contributed by atoms with Gasteiger partial charge < -0.3 is 10.1 Å². The maximum Gasteiger partial charge on any atom is 0.136 e. The molecule has 1 aromatic heterocycles. The average Bonchev–Trinajstić information content (AvgIpc) is 3.25. The van der Waals surface area contributed by atoms with Gasteiger partial charge in [-0.15, -0.1) is 11.3 Å². The van der Waals surface area contributed by atoms with E-state index in [4.69, 9.17) is 4.74 Å². The molecule has 4 aromatic rings. The van der Waals surface area contributed by atoms with Crippen LogP contribution in [0.15, 0.2) is 78.3 Å². The predicted molar refractivity (Wildman–Crippen MR) is 120 cm³/mol. The van der Waals surface area contributed by atoms with Crippen LogP contribution in [0, 0.1) is 11.3 Å². The number of aromatic nitrogens is 1. The zero-order chi connectivity index (χ0) is 20.1. The van der Waals surface area contributed by atoms with Crippen LogP contribution in [0.2, 0.25) is 0 Å². The van der Waals surface area contributed by atoms with Crippen molar-refractivity contribution >= 4 is 33.4 Å². The molecule has 1 N–H and O–H groups in total. The summed E-state index contributed by atoms with van der Waals surface area (Å²) >= 11 is 1.46. The second-order valence-electron chi connectivity index (χ2n) is 6.34. The van der Waals surface area contributed by atoms with Gasteiger partial charge in [0.25, 0.3) is 0 Å². The molecule has 0 spiro atoms. The first kappa shape index (κ1) is 18.7. The van der Waals surface area contributed by atoms with Crippen LogP contribution in [-0.4, -0.2) is 11.6 Å². The predicted octanol–water partition coefficient (Wildman–Crippen LogP) is 6.34. The van der Waals surface area contributed by atoms with E-state index in [9.17, 15) is 5.26 Å². The van der Waals surface area contributed by atoms with Gasteiger partial charge in [0.2, 0.25) is 0 Å². The summed E-state index contributed by atoms with van der Waals surface area (Å²) in [6.45, 7) is 2.60. The van der Waals surface area contributed by atoms with Crippen molar-refractivity contribution < 1.29 is 4.74 Å². The number of ether oxygens (including phenoxy) is 1. The number of anilines is 1. The van der Waals surface area contributed by atoms with Crippen molar-refractivity contribution in [2.75, 3.05) is 11.9 Å². The Kier molecular flexibility index (Phi) is 5.55. The molecule has 0 radical (unpaired) electrons. The van der Waals surface area contributed by atoms with Gasteiger partial charge in [-0.3, -0.25) is 0 Å². The van der Waals surface area contributed by atoms with Gasteiger partial charge in [-0.2, -0.15) is 5.26 Å². The van der Waals surface area contributed by atoms with Crippen molar-refractivity contribution in [3.8, 4) is 23.1 Å². The lowest BCUT2D eigenvalue weighted by molar-refractivity contribution is 0.340. The van der Waals surface area contributed by atoms with E-state index >= 15 is 0 Å². The lowest BCUT2D eigenvalue weighted by atomic mass is 10.1. The summed E-state index contributed by atoms with van der Waals surface area (Å²) in [4.78, 5) is 4.65. The standard InChI is InChI=1S/C24H19N3OS/c1-2-28-20-12-10-18(11-13-20)23-16-29-24(27-23)19(14-25)15-26-22-9-5-7-17-6-3-4-8-21(17)22/h3-13,15-16,26H,2H2,1H3. The topological polar surface area (TPSA) is 57.9 Å². The molecule has 4 rings (SSSR count). The van der Waals surface area contributed by atoms with E-state index in [2.05, 4.69) is 34.6 Å². The molecule has 1 heterocycles. The smallest absolute Gasteiger partial charge is 0.136 e. The number of benzene rings is 3. The maximum absolute atomic E-state index is 9.64. The van der Waals surface area contributed by atoms with Gasteiger partial charge in [0, 0.05) is 28.2 Å². The van der Waals surface area contributed by atoms with E-state index in [1.54, 1.807) is 6.20 Å². The van der Waals surface area contributed by atoms with Crippen LogP contribution in [0.3, 0.4) is 0 Å². The zero-order valence-corrected chi connectivity index (χ0v) is 16.7. The van der Waals surface area contributed by atoms with Crippen LogP contribution < -0.4 is 10.1 Å². The summed E-state index contributed by atoms with van der Waals surface area (Å²) < 4.78 is 5.48. The SMILES string of the molecule is CCOc1ccc(-c2csc(C(C#N)=CNc3cccc4ccccc34)n2)cc1. The highest BCUT2D eigenvalue weighted by Crippen LogP contribution is 2.28. The number of thiazole rings is 1. The molecule has 142 valence electrons. The molecule has 29 heavy (non-hydrogen) atoms. The van der Waals surface area contributed by atoms with Crippen molar-refractivity contribution in [3.05, 3.63) is 83.3 Å². The Hall–Kier alpha value is -3.62. The first-order valence-corrected chi connectivity index (χ1v) is 10.2. The van der Waals surface area contributed by atoms with Crippen molar-refractivity contribution in [1.29, 1.82) is 5.26 Å². The van der Waals surface area contributed by atoms with E-state index in [-0.39, 0.29) is 0 Å². The molecular formula is C24H19N3OS. The molecule has 3 aromatic carbocycles. The van der Waals surface area contributed by atoms with E-state index in [1.165, 1.54) is 11.3 Å². The number of hydrogen-bond donors (Lipinski definition) is 1. The van der Waals surface area contributed by atoms with Gasteiger partial charge in [0.1, 0.15) is 22.4 Å². The normalized spacial score (nSPS) is 11.2. The van der Waals surface area contributed by atoms with Crippen molar-refractivity contribution in [1.82, 2.24) is 4.98 Å². The third-order valence-electron chi connectivity index (χ3n) is 4.48. The fourth-order valence-electron chi connectivity index (χ4n) is 3.06. The van der Waals surface area contributed by atoms with Crippen molar-refractivity contribution in [2.24, 2.45) is 0 Å². The molecule has 5 heteroatoms. The van der Waals surface area contributed by atoms with Gasteiger partial charge in [-0.25, -0.2) is 4.98 Å². The Bertz CT molecular complexity index is 1200. The summed E-state index contributed by atoms with van der Waals surface area (Å²) in [5.41, 5.74) is 3.30. The van der Waals surface area contributed by atoms with Gasteiger partial charge in [-0.1, -0.05) is 36.4 Å². The monoisotopic (exact) mass is 397 g/mol. The minimum absolute atomic E-state index is 0.500. The van der Waals surface area contributed by atoms with Crippen molar-refractivity contribution in [2.45, 2.75) is 6.92 Å². The molecular weight excluding hydrogens is 378 g/mol. The van der Waals surface area contributed by atoms with E-state index in [0.29, 0.717) is 17.2 Å². The number of fused-ring (bicyclic) bond motifs is 1. The van der Waals surface area contributed by atoms with Crippen LogP contribution in [0.4, 0.5) is 5.69 Å². The van der Waals surface area contributed by atoms with Gasteiger partial charge >= 0.3 is 0 Å². The number of rotatable bonds is 6. The minimum atomic E-state index is 0.500. The average molecular weight is 398 g/mol. The molecule has 0 saturated carbocycles. The molecule has 0 aliphatic rings. The Morgan fingerprint density at radius 1 is 1.10 bits per heavy atom. The summed E-state index contributed by atoms with van der Waals surface area (Å²) in [6, 6.07) is 24.3. The van der Waals surface area contributed by atoms with Gasteiger partial charge in [0.15, 0.2) is 0 Å². The number of nitrogens with zero attached hydrogens (tertiary/aromatic N) is 2. The first-order chi connectivity index (χ1) is 14.3. The fraction of sp³-hybridized carbons (Fsp3) is 0.0833. The number of nitriles is 1. The highest BCUT2D eigenvalue weighted by Gasteiger charge is 2.09. The summed E-state index contributed by atoms with van der Waals surface area (Å²) in [5.74, 6) is 0.837. The summed E-state index contributed by atoms with van der Waals surface area (Å²) in [5, 5.41) is 17.8. The van der Waals surface area contributed by atoms with Crippen LogP contribution >= 0.6 is 11.3 Å². The van der Waals surface area contributed by atoms with E-state index in [0.717, 1.165) is 33.5 Å². The second kappa shape index (κ2) is 8.59. The maximum atomic E-state index is 9.64. The van der Waals surface area contributed by atoms with Crippen LogP contribution in [0.1, 0.15) is 11.9 Å². The lowest BCUT2D eigenvalue weighted by Crippen LogP contribution is -1.92. The number of nitrogens with one attached hydrogen (secondary N) is 1. The molecule has 0 aliphatic heterocycles. The Morgan fingerprint density at radius 2 is 1.90 bits per heavy atom. The third-order valence-corrected chi connectivity index (χ3v) is 5.35. The Morgan fingerprint density at radius 3 is 2.69 bits per heavy atom. The van der Waals surface area contributed by atoms with E-state index in [1.807, 2.05) is 60.8 Å². The van der Waals surface area contributed by atoms with Crippen LogP contribution in [0.5, 0.6) is 5.75 Å². The lowest BCUT2D eigenvalue weighted by Gasteiger charge is -2.06.